The van der Waals surface area contributed by atoms with Gasteiger partial charge in [0.1, 0.15) is 6.61 Å². The van der Waals surface area contributed by atoms with E-state index in [0.717, 1.165) is 5.56 Å². The molecule has 0 aliphatic rings. The minimum atomic E-state index is -0.370. The van der Waals surface area contributed by atoms with Crippen LogP contribution in [0.3, 0.4) is 0 Å². The van der Waals surface area contributed by atoms with Crippen LogP contribution in [-0.2, 0) is 16.1 Å². The van der Waals surface area contributed by atoms with E-state index in [9.17, 15) is 9.59 Å². The molecule has 2 aromatic rings. The Morgan fingerprint density at radius 1 is 0.920 bits per heavy atom. The van der Waals surface area contributed by atoms with E-state index in [0.29, 0.717) is 17.9 Å². The topological polar surface area (TPSA) is 104 Å². The van der Waals surface area contributed by atoms with Crippen molar-refractivity contribution in [1.82, 2.24) is 16.3 Å². The third-order valence-corrected chi connectivity index (χ3v) is 3.10. The molecule has 0 heterocycles. The molecule has 0 aliphatic heterocycles. The van der Waals surface area contributed by atoms with Crippen molar-refractivity contribution in [3.63, 3.8) is 0 Å². The van der Waals surface area contributed by atoms with Crippen molar-refractivity contribution in [2.24, 2.45) is 0 Å². The van der Waals surface area contributed by atoms with Gasteiger partial charge < -0.3 is 10.1 Å². The summed E-state index contributed by atoms with van der Waals surface area (Å²) >= 11 is 0. The van der Waals surface area contributed by atoms with Crippen LogP contribution in [0.25, 0.3) is 0 Å². The Kier molecular flexibility index (Phi) is 7.23. The number of hydrogen-bond acceptors (Lipinski definition) is 5. The normalized spacial score (nSPS) is 9.96. The molecule has 2 rings (SSSR count). The summed E-state index contributed by atoms with van der Waals surface area (Å²) in [5.74, 6) is -0.284. The number of hydrogen-bond donors (Lipinski definition) is 5. The van der Waals surface area contributed by atoms with Crippen molar-refractivity contribution in [2.45, 2.75) is 6.54 Å². The Balaban J connectivity index is 1.71. The SMILES string of the molecule is COCC(=O)NNc1ccc(NC(=O)NNCc2ccccc2)cc1. The first kappa shape index (κ1) is 18.2. The third-order valence-electron chi connectivity index (χ3n) is 3.10. The second-order valence-corrected chi connectivity index (χ2v) is 5.10. The largest absolute Gasteiger partial charge is 0.375 e. The lowest BCUT2D eigenvalue weighted by atomic mass is 10.2. The summed E-state index contributed by atoms with van der Waals surface area (Å²) in [7, 11) is 1.44. The highest BCUT2D eigenvalue weighted by Gasteiger charge is 2.02. The fourth-order valence-corrected chi connectivity index (χ4v) is 1.93. The first-order chi connectivity index (χ1) is 12.2. The number of rotatable bonds is 8. The quantitative estimate of drug-likeness (QED) is 0.469. The predicted octanol–water partition coefficient (Wildman–Crippen LogP) is 1.60. The van der Waals surface area contributed by atoms with Gasteiger partial charge in [-0.2, -0.15) is 0 Å². The Morgan fingerprint density at radius 3 is 2.28 bits per heavy atom. The number of carbonyl (C=O) groups is 2. The lowest BCUT2D eigenvalue weighted by Crippen LogP contribution is -2.39. The van der Waals surface area contributed by atoms with Gasteiger partial charge in [-0.1, -0.05) is 30.3 Å². The summed E-state index contributed by atoms with van der Waals surface area (Å²) in [4.78, 5) is 23.1. The molecule has 0 fully saturated rings. The van der Waals surface area contributed by atoms with Gasteiger partial charge in [-0.25, -0.2) is 10.2 Å². The molecular formula is C17H21N5O3. The number of anilines is 2. The van der Waals surface area contributed by atoms with Gasteiger partial charge in [-0.15, -0.1) is 0 Å². The molecule has 0 atom stereocenters. The maximum Gasteiger partial charge on any atom is 0.333 e. The highest BCUT2D eigenvalue weighted by molar-refractivity contribution is 5.89. The van der Waals surface area contributed by atoms with Crippen molar-refractivity contribution in [1.29, 1.82) is 0 Å². The van der Waals surface area contributed by atoms with Crippen LogP contribution in [0, 0.1) is 0 Å². The van der Waals surface area contributed by atoms with Crippen LogP contribution in [0.4, 0.5) is 16.2 Å². The summed E-state index contributed by atoms with van der Waals surface area (Å²) in [5, 5.41) is 2.69. The molecule has 0 unspecified atom stereocenters. The molecule has 0 bridgehead atoms. The fourth-order valence-electron chi connectivity index (χ4n) is 1.93. The van der Waals surface area contributed by atoms with E-state index >= 15 is 0 Å². The van der Waals surface area contributed by atoms with Gasteiger partial charge in [-0.3, -0.25) is 21.1 Å². The maximum atomic E-state index is 11.8. The summed E-state index contributed by atoms with van der Waals surface area (Å²) < 4.78 is 4.70. The Hall–Kier alpha value is -3.10. The first-order valence-corrected chi connectivity index (χ1v) is 7.65. The van der Waals surface area contributed by atoms with E-state index < -0.39 is 0 Å². The maximum absolute atomic E-state index is 11.8. The van der Waals surface area contributed by atoms with E-state index in [2.05, 4.69) is 27.0 Å². The Labute approximate surface area is 145 Å². The molecule has 0 aliphatic carbocycles. The minimum Gasteiger partial charge on any atom is -0.375 e. The molecule has 132 valence electrons. The van der Waals surface area contributed by atoms with Crippen molar-refractivity contribution in [2.75, 3.05) is 24.5 Å². The van der Waals surface area contributed by atoms with Crippen molar-refractivity contribution in [3.8, 4) is 0 Å². The van der Waals surface area contributed by atoms with Gasteiger partial charge in [-0.05, 0) is 29.8 Å². The van der Waals surface area contributed by atoms with Gasteiger partial charge in [0.05, 0.1) is 5.69 Å². The number of amides is 3. The standard InChI is InChI=1S/C17H21N5O3/c1-25-12-16(23)21-20-15-9-7-14(8-10-15)19-17(24)22-18-11-13-5-3-2-4-6-13/h2-10,18,20H,11-12H2,1H3,(H,21,23)(H2,19,22,24). The zero-order valence-electron chi connectivity index (χ0n) is 13.8. The molecule has 8 heteroatoms. The van der Waals surface area contributed by atoms with Crippen LogP contribution < -0.4 is 27.0 Å². The van der Waals surface area contributed by atoms with Crippen LogP contribution in [0.15, 0.2) is 54.6 Å². The van der Waals surface area contributed by atoms with Crippen LogP contribution in [0.5, 0.6) is 0 Å². The fraction of sp³-hybridized carbons (Fsp3) is 0.176. The molecule has 8 nitrogen and oxygen atoms in total. The molecule has 0 spiro atoms. The highest BCUT2D eigenvalue weighted by Crippen LogP contribution is 2.12. The van der Waals surface area contributed by atoms with E-state index in [1.807, 2.05) is 30.3 Å². The molecule has 0 aromatic heterocycles. The summed E-state index contributed by atoms with van der Waals surface area (Å²) in [6.45, 7) is 0.501. The molecule has 0 saturated carbocycles. The zero-order valence-corrected chi connectivity index (χ0v) is 13.8. The number of urea groups is 1. The summed E-state index contributed by atoms with van der Waals surface area (Å²) in [6, 6.07) is 16.2. The second kappa shape index (κ2) is 9.91. The van der Waals surface area contributed by atoms with Gasteiger partial charge in [0.25, 0.3) is 5.91 Å². The van der Waals surface area contributed by atoms with Crippen molar-refractivity contribution < 1.29 is 14.3 Å². The van der Waals surface area contributed by atoms with Crippen LogP contribution >= 0.6 is 0 Å². The molecule has 5 N–H and O–H groups in total. The van der Waals surface area contributed by atoms with Crippen LogP contribution in [-0.4, -0.2) is 25.7 Å². The summed E-state index contributed by atoms with van der Waals surface area (Å²) in [5.41, 5.74) is 13.0. The number of benzene rings is 2. The molecule has 3 amide bonds. The third kappa shape index (κ3) is 6.90. The van der Waals surface area contributed by atoms with Gasteiger partial charge in [0, 0.05) is 19.3 Å². The van der Waals surface area contributed by atoms with Crippen LogP contribution in [0.1, 0.15) is 5.56 Å². The Bertz CT molecular complexity index is 676. The van der Waals surface area contributed by atoms with Crippen LogP contribution in [0.2, 0.25) is 0 Å². The average molecular weight is 343 g/mol. The van der Waals surface area contributed by atoms with Gasteiger partial charge in [0.2, 0.25) is 0 Å². The highest BCUT2D eigenvalue weighted by atomic mass is 16.5. The van der Waals surface area contributed by atoms with E-state index in [4.69, 9.17) is 4.74 Å². The number of methoxy groups -OCH3 is 1. The lowest BCUT2D eigenvalue weighted by molar-refractivity contribution is -0.124. The predicted molar refractivity (Wildman–Crippen MR) is 95.5 cm³/mol. The monoisotopic (exact) mass is 343 g/mol. The second-order valence-electron chi connectivity index (χ2n) is 5.10. The Morgan fingerprint density at radius 2 is 1.60 bits per heavy atom. The number of hydrazine groups is 2. The summed E-state index contributed by atoms with van der Waals surface area (Å²) in [6.07, 6.45) is 0. The zero-order chi connectivity index (χ0) is 17.9. The number of nitrogens with one attached hydrogen (secondary N) is 5. The van der Waals surface area contributed by atoms with E-state index in [1.54, 1.807) is 24.3 Å². The van der Waals surface area contributed by atoms with E-state index in [1.165, 1.54) is 7.11 Å². The molecule has 0 radical (unpaired) electrons. The molecule has 25 heavy (non-hydrogen) atoms. The van der Waals surface area contributed by atoms with Gasteiger partial charge >= 0.3 is 6.03 Å². The minimum absolute atomic E-state index is 0.0250. The van der Waals surface area contributed by atoms with Gasteiger partial charge in [0.15, 0.2) is 0 Å². The smallest absolute Gasteiger partial charge is 0.333 e. The number of ether oxygens (including phenoxy) is 1. The first-order valence-electron chi connectivity index (χ1n) is 7.65. The molecular weight excluding hydrogens is 322 g/mol. The number of carbonyl (C=O) groups excluding carboxylic acids is 2. The van der Waals surface area contributed by atoms with Crippen molar-refractivity contribution in [3.05, 3.63) is 60.2 Å². The molecule has 2 aromatic carbocycles. The molecule has 0 saturated heterocycles. The lowest BCUT2D eigenvalue weighted by Gasteiger charge is -2.11. The van der Waals surface area contributed by atoms with E-state index in [-0.39, 0.29) is 18.5 Å². The average Bonchev–Trinajstić information content (AvgIpc) is 2.62. The van der Waals surface area contributed by atoms with Crippen molar-refractivity contribution >= 4 is 23.3 Å².